The number of nitrogens with one attached hydrogen (secondary N) is 2. The molecule has 0 heterocycles. The van der Waals surface area contributed by atoms with Crippen molar-refractivity contribution in [2.24, 2.45) is 0 Å². The Morgan fingerprint density at radius 3 is 2.40 bits per heavy atom. The van der Waals surface area contributed by atoms with Crippen LogP contribution in [-0.4, -0.2) is 27.0 Å². The van der Waals surface area contributed by atoms with Crippen molar-refractivity contribution in [3.05, 3.63) is 52.5 Å². The van der Waals surface area contributed by atoms with Crippen molar-refractivity contribution >= 4 is 33.2 Å². The number of carbonyl (C=O) groups is 1. The van der Waals surface area contributed by atoms with E-state index < -0.39 is 39.4 Å². The lowest BCUT2D eigenvalue weighted by Crippen LogP contribution is -2.30. The summed E-state index contributed by atoms with van der Waals surface area (Å²) in [5.41, 5.74) is -1.79. The molecule has 0 bridgehead atoms. The standard InChI is InChI=1S/C19H20ClF3N2O4S/c1-4-29-16-8-5-12(9-17(16)30(27,28)25-11(2)3)18(26)24-15-7-6-13(20)10-14(15)19(21,22)23/h5-11,25H,4H2,1-3H3,(H,24,26). The lowest BCUT2D eigenvalue weighted by Gasteiger charge is -2.16. The minimum Gasteiger partial charge on any atom is -0.492 e. The number of ether oxygens (including phenoxy) is 1. The summed E-state index contributed by atoms with van der Waals surface area (Å²) in [6.07, 6.45) is -4.75. The van der Waals surface area contributed by atoms with E-state index in [0.717, 1.165) is 12.1 Å². The van der Waals surface area contributed by atoms with Crippen LogP contribution < -0.4 is 14.8 Å². The molecule has 0 fully saturated rings. The summed E-state index contributed by atoms with van der Waals surface area (Å²) < 4.78 is 72.7. The highest BCUT2D eigenvalue weighted by Gasteiger charge is 2.34. The lowest BCUT2D eigenvalue weighted by atomic mass is 10.1. The Morgan fingerprint density at radius 2 is 1.83 bits per heavy atom. The highest BCUT2D eigenvalue weighted by atomic mass is 35.5. The largest absolute Gasteiger partial charge is 0.492 e. The van der Waals surface area contributed by atoms with Gasteiger partial charge in [0, 0.05) is 16.6 Å². The van der Waals surface area contributed by atoms with Crippen LogP contribution in [0.15, 0.2) is 41.3 Å². The Labute approximate surface area is 177 Å². The van der Waals surface area contributed by atoms with Gasteiger partial charge in [0.25, 0.3) is 5.91 Å². The molecule has 0 aromatic heterocycles. The Hall–Kier alpha value is -2.30. The molecule has 30 heavy (non-hydrogen) atoms. The first-order chi connectivity index (χ1) is 13.8. The van der Waals surface area contributed by atoms with Gasteiger partial charge in [-0.05, 0) is 57.2 Å². The van der Waals surface area contributed by atoms with Crippen LogP contribution >= 0.6 is 11.6 Å². The number of carbonyl (C=O) groups excluding carboxylic acids is 1. The molecule has 2 rings (SSSR count). The van der Waals surface area contributed by atoms with E-state index in [4.69, 9.17) is 16.3 Å². The molecule has 0 saturated carbocycles. The van der Waals surface area contributed by atoms with Gasteiger partial charge in [0.1, 0.15) is 10.6 Å². The van der Waals surface area contributed by atoms with Crippen molar-refractivity contribution in [1.29, 1.82) is 0 Å². The monoisotopic (exact) mass is 464 g/mol. The molecule has 164 valence electrons. The number of amides is 1. The number of rotatable bonds is 7. The molecule has 0 aliphatic carbocycles. The van der Waals surface area contributed by atoms with E-state index in [-0.39, 0.29) is 27.8 Å². The Bertz CT molecular complexity index is 1040. The first-order valence-corrected chi connectivity index (χ1v) is 10.7. The van der Waals surface area contributed by atoms with Crippen LogP contribution in [-0.2, 0) is 16.2 Å². The first-order valence-electron chi connectivity index (χ1n) is 8.82. The maximum Gasteiger partial charge on any atom is 0.418 e. The van der Waals surface area contributed by atoms with Crippen LogP contribution in [0.4, 0.5) is 18.9 Å². The van der Waals surface area contributed by atoms with Crippen molar-refractivity contribution in [1.82, 2.24) is 4.72 Å². The van der Waals surface area contributed by atoms with Gasteiger partial charge in [-0.1, -0.05) is 11.6 Å². The summed E-state index contributed by atoms with van der Waals surface area (Å²) in [6.45, 7) is 5.07. The zero-order chi connectivity index (χ0) is 22.7. The molecule has 2 aromatic rings. The number of anilines is 1. The molecule has 0 radical (unpaired) electrons. The number of sulfonamides is 1. The second-order valence-electron chi connectivity index (χ2n) is 6.51. The average molecular weight is 465 g/mol. The van der Waals surface area contributed by atoms with Crippen LogP contribution in [0.3, 0.4) is 0 Å². The molecule has 1 amide bonds. The highest BCUT2D eigenvalue weighted by molar-refractivity contribution is 7.89. The predicted octanol–water partition coefficient (Wildman–Crippen LogP) is 4.70. The summed E-state index contributed by atoms with van der Waals surface area (Å²) in [6, 6.07) is 6.08. The number of hydrogen-bond acceptors (Lipinski definition) is 4. The van der Waals surface area contributed by atoms with E-state index >= 15 is 0 Å². The van der Waals surface area contributed by atoms with E-state index in [1.165, 1.54) is 18.2 Å². The van der Waals surface area contributed by atoms with E-state index in [1.54, 1.807) is 20.8 Å². The third-order valence-electron chi connectivity index (χ3n) is 3.72. The second-order valence-corrected chi connectivity index (χ2v) is 8.63. The van der Waals surface area contributed by atoms with E-state index in [9.17, 15) is 26.4 Å². The molecule has 0 aliphatic rings. The highest BCUT2D eigenvalue weighted by Crippen LogP contribution is 2.37. The average Bonchev–Trinajstić information content (AvgIpc) is 2.61. The summed E-state index contributed by atoms with van der Waals surface area (Å²) in [7, 11) is -4.03. The van der Waals surface area contributed by atoms with Gasteiger partial charge in [-0.25, -0.2) is 13.1 Å². The van der Waals surface area contributed by atoms with E-state index in [0.29, 0.717) is 6.07 Å². The van der Waals surface area contributed by atoms with Gasteiger partial charge < -0.3 is 10.1 Å². The Balaban J connectivity index is 2.46. The number of benzene rings is 2. The van der Waals surface area contributed by atoms with E-state index in [2.05, 4.69) is 10.0 Å². The van der Waals surface area contributed by atoms with Crippen LogP contribution in [0.25, 0.3) is 0 Å². The SMILES string of the molecule is CCOc1ccc(C(=O)Nc2ccc(Cl)cc2C(F)(F)F)cc1S(=O)(=O)NC(C)C. The van der Waals surface area contributed by atoms with E-state index in [1.807, 2.05) is 0 Å². The predicted molar refractivity (Wildman–Crippen MR) is 107 cm³/mol. The fourth-order valence-corrected chi connectivity index (χ4v) is 4.16. The van der Waals surface area contributed by atoms with Crippen LogP contribution in [0.1, 0.15) is 36.7 Å². The zero-order valence-electron chi connectivity index (χ0n) is 16.3. The molecular weight excluding hydrogens is 445 g/mol. The van der Waals surface area contributed by atoms with Gasteiger partial charge in [-0.15, -0.1) is 0 Å². The van der Waals surface area contributed by atoms with Gasteiger partial charge in [0.05, 0.1) is 17.9 Å². The van der Waals surface area contributed by atoms with Crippen molar-refractivity contribution in [3.63, 3.8) is 0 Å². The normalized spacial score (nSPS) is 12.1. The van der Waals surface area contributed by atoms with Gasteiger partial charge in [0.2, 0.25) is 10.0 Å². The van der Waals surface area contributed by atoms with Crippen molar-refractivity contribution < 1.29 is 31.1 Å². The molecule has 6 nitrogen and oxygen atoms in total. The molecule has 0 spiro atoms. The van der Waals surface area contributed by atoms with Crippen LogP contribution in [0.5, 0.6) is 5.75 Å². The minimum absolute atomic E-state index is 0.0182. The maximum absolute atomic E-state index is 13.2. The quantitative estimate of drug-likeness (QED) is 0.622. The number of alkyl halides is 3. The topological polar surface area (TPSA) is 84.5 Å². The molecule has 11 heteroatoms. The Kier molecular flexibility index (Phi) is 7.38. The molecular formula is C19H20ClF3N2O4S. The number of halogens is 4. The molecule has 0 saturated heterocycles. The smallest absolute Gasteiger partial charge is 0.418 e. The molecule has 2 N–H and O–H groups in total. The minimum atomic E-state index is -4.75. The van der Waals surface area contributed by atoms with Crippen molar-refractivity contribution in [3.8, 4) is 5.75 Å². The van der Waals surface area contributed by atoms with Crippen molar-refractivity contribution in [2.75, 3.05) is 11.9 Å². The zero-order valence-corrected chi connectivity index (χ0v) is 17.9. The first kappa shape index (κ1) is 24.0. The van der Waals surface area contributed by atoms with Crippen molar-refractivity contribution in [2.45, 2.75) is 37.9 Å². The third-order valence-corrected chi connectivity index (χ3v) is 5.64. The third kappa shape index (κ3) is 5.87. The molecule has 0 aliphatic heterocycles. The van der Waals surface area contributed by atoms with Gasteiger partial charge in [-0.2, -0.15) is 13.2 Å². The second kappa shape index (κ2) is 9.23. The van der Waals surface area contributed by atoms with Crippen LogP contribution in [0.2, 0.25) is 5.02 Å². The van der Waals surface area contributed by atoms with Gasteiger partial charge in [-0.3, -0.25) is 4.79 Å². The van der Waals surface area contributed by atoms with Crippen LogP contribution in [0, 0.1) is 0 Å². The molecule has 0 unspecified atom stereocenters. The maximum atomic E-state index is 13.2. The number of hydrogen-bond donors (Lipinski definition) is 2. The summed E-state index contributed by atoms with van der Waals surface area (Å²) >= 11 is 5.64. The summed E-state index contributed by atoms with van der Waals surface area (Å²) in [5.74, 6) is -0.906. The summed E-state index contributed by atoms with van der Waals surface area (Å²) in [5, 5.41) is 2.01. The fraction of sp³-hybridized carbons (Fsp3) is 0.316. The molecule has 2 aromatic carbocycles. The Morgan fingerprint density at radius 1 is 1.17 bits per heavy atom. The summed E-state index contributed by atoms with van der Waals surface area (Å²) in [4.78, 5) is 12.3. The lowest BCUT2D eigenvalue weighted by molar-refractivity contribution is -0.136. The fourth-order valence-electron chi connectivity index (χ4n) is 2.56. The molecule has 0 atom stereocenters. The van der Waals surface area contributed by atoms with Gasteiger partial charge >= 0.3 is 6.18 Å². The van der Waals surface area contributed by atoms with Gasteiger partial charge in [0.15, 0.2) is 0 Å².